The molecular weight excluding hydrogens is 206 g/mol. The maximum Gasteiger partial charge on any atom is 0.0510 e. The van der Waals surface area contributed by atoms with Crippen LogP contribution >= 0.6 is 0 Å². The Morgan fingerprint density at radius 3 is 2.94 bits per heavy atom. The lowest BCUT2D eigenvalue weighted by Crippen LogP contribution is -2.41. The zero-order valence-electron chi connectivity index (χ0n) is 10.5. The quantitative estimate of drug-likeness (QED) is 0.634. The van der Waals surface area contributed by atoms with Gasteiger partial charge in [0.15, 0.2) is 0 Å². The van der Waals surface area contributed by atoms with Crippen molar-refractivity contribution in [3.63, 3.8) is 0 Å². The summed E-state index contributed by atoms with van der Waals surface area (Å²) in [6, 6.07) is 0.594. The summed E-state index contributed by atoms with van der Waals surface area (Å²) in [5.41, 5.74) is 0. The van der Waals surface area contributed by atoms with E-state index in [1.807, 2.05) is 7.05 Å². The van der Waals surface area contributed by atoms with Gasteiger partial charge in [0, 0.05) is 39.6 Å². The molecule has 0 aromatic heterocycles. The van der Waals surface area contributed by atoms with Gasteiger partial charge in [-0.15, -0.1) is 0 Å². The van der Waals surface area contributed by atoms with E-state index in [0.717, 1.165) is 52.3 Å². The van der Waals surface area contributed by atoms with E-state index >= 15 is 0 Å². The summed E-state index contributed by atoms with van der Waals surface area (Å²) in [7, 11) is 3.75. The fourth-order valence-electron chi connectivity index (χ4n) is 2.10. The average molecular weight is 231 g/mol. The van der Waals surface area contributed by atoms with Crippen molar-refractivity contribution in [2.75, 3.05) is 47.2 Å². The van der Waals surface area contributed by atoms with E-state index in [1.165, 1.54) is 0 Å². The maximum atomic E-state index is 5.57. The number of hydrogen-bond acceptors (Lipinski definition) is 4. The maximum absolute atomic E-state index is 5.57. The van der Waals surface area contributed by atoms with Gasteiger partial charge in [0.2, 0.25) is 0 Å². The highest BCUT2D eigenvalue weighted by atomic mass is 16.5. The molecule has 1 rings (SSSR count). The SMILES string of the molecule is CNC1CCOCC1CCOCCCOC. The zero-order valence-corrected chi connectivity index (χ0v) is 10.5. The molecule has 1 heterocycles. The van der Waals surface area contributed by atoms with Gasteiger partial charge in [-0.2, -0.15) is 0 Å². The molecule has 0 spiro atoms. The fraction of sp³-hybridized carbons (Fsp3) is 1.00. The van der Waals surface area contributed by atoms with Crippen molar-refractivity contribution in [1.29, 1.82) is 0 Å². The van der Waals surface area contributed by atoms with Crippen LogP contribution in [0, 0.1) is 5.92 Å². The van der Waals surface area contributed by atoms with Crippen LogP contribution < -0.4 is 5.32 Å². The Balaban J connectivity index is 2.02. The molecule has 1 aliphatic rings. The summed E-state index contributed by atoms with van der Waals surface area (Å²) in [6.45, 7) is 4.16. The third-order valence-electron chi connectivity index (χ3n) is 3.12. The predicted molar refractivity (Wildman–Crippen MR) is 63.7 cm³/mol. The lowest BCUT2D eigenvalue weighted by molar-refractivity contribution is 0.0139. The molecule has 0 radical (unpaired) electrons. The van der Waals surface area contributed by atoms with E-state index in [-0.39, 0.29) is 0 Å². The summed E-state index contributed by atoms with van der Waals surface area (Å²) < 4.78 is 16.0. The monoisotopic (exact) mass is 231 g/mol. The molecule has 1 aliphatic heterocycles. The molecule has 0 aromatic carbocycles. The molecule has 4 nitrogen and oxygen atoms in total. The first kappa shape index (κ1) is 13.9. The molecule has 2 atom stereocenters. The van der Waals surface area contributed by atoms with Crippen LogP contribution in [0.4, 0.5) is 0 Å². The minimum atomic E-state index is 0.594. The Morgan fingerprint density at radius 1 is 1.31 bits per heavy atom. The van der Waals surface area contributed by atoms with Crippen LogP contribution in [0.25, 0.3) is 0 Å². The third kappa shape index (κ3) is 5.25. The summed E-state index contributed by atoms with van der Waals surface area (Å²) >= 11 is 0. The van der Waals surface area contributed by atoms with Crippen LogP contribution in [0.2, 0.25) is 0 Å². The molecule has 1 fully saturated rings. The van der Waals surface area contributed by atoms with E-state index in [1.54, 1.807) is 7.11 Å². The molecule has 0 saturated carbocycles. The van der Waals surface area contributed by atoms with E-state index in [2.05, 4.69) is 5.32 Å². The van der Waals surface area contributed by atoms with E-state index < -0.39 is 0 Å². The van der Waals surface area contributed by atoms with Crippen molar-refractivity contribution < 1.29 is 14.2 Å². The molecular formula is C12H25NO3. The van der Waals surface area contributed by atoms with Crippen molar-refractivity contribution in [1.82, 2.24) is 5.32 Å². The topological polar surface area (TPSA) is 39.7 Å². The first-order valence-electron chi connectivity index (χ1n) is 6.20. The van der Waals surface area contributed by atoms with Crippen molar-refractivity contribution in [2.45, 2.75) is 25.3 Å². The largest absolute Gasteiger partial charge is 0.385 e. The fourth-order valence-corrected chi connectivity index (χ4v) is 2.10. The van der Waals surface area contributed by atoms with Gasteiger partial charge < -0.3 is 19.5 Å². The average Bonchev–Trinajstić information content (AvgIpc) is 2.34. The second-order valence-electron chi connectivity index (χ2n) is 4.27. The highest BCUT2D eigenvalue weighted by Gasteiger charge is 2.23. The van der Waals surface area contributed by atoms with Crippen LogP contribution in [-0.4, -0.2) is 53.2 Å². The van der Waals surface area contributed by atoms with Gasteiger partial charge in [0.25, 0.3) is 0 Å². The summed E-state index contributed by atoms with van der Waals surface area (Å²) in [5.74, 6) is 0.598. The van der Waals surface area contributed by atoms with Crippen molar-refractivity contribution in [2.24, 2.45) is 5.92 Å². The molecule has 1 saturated heterocycles. The molecule has 0 amide bonds. The Kier molecular flexibility index (Phi) is 7.76. The van der Waals surface area contributed by atoms with E-state index in [0.29, 0.717) is 12.0 Å². The summed E-state index contributed by atoms with van der Waals surface area (Å²) in [5, 5.41) is 3.36. The lowest BCUT2D eigenvalue weighted by atomic mass is 9.93. The Hall–Kier alpha value is -0.160. The highest BCUT2D eigenvalue weighted by molar-refractivity contribution is 4.78. The molecule has 0 aliphatic carbocycles. The van der Waals surface area contributed by atoms with E-state index in [9.17, 15) is 0 Å². The van der Waals surface area contributed by atoms with Gasteiger partial charge in [-0.25, -0.2) is 0 Å². The molecule has 0 bridgehead atoms. The van der Waals surface area contributed by atoms with Gasteiger partial charge in [0.05, 0.1) is 6.61 Å². The molecule has 1 N–H and O–H groups in total. The number of nitrogens with one attached hydrogen (secondary N) is 1. The first-order chi connectivity index (χ1) is 7.88. The summed E-state index contributed by atoms with van der Waals surface area (Å²) in [6.07, 6.45) is 3.18. The first-order valence-corrected chi connectivity index (χ1v) is 6.20. The number of rotatable bonds is 8. The number of ether oxygens (including phenoxy) is 3. The van der Waals surface area contributed by atoms with E-state index in [4.69, 9.17) is 14.2 Å². The van der Waals surface area contributed by atoms with Gasteiger partial charge in [-0.3, -0.25) is 0 Å². The molecule has 0 aromatic rings. The van der Waals surface area contributed by atoms with Crippen LogP contribution in [-0.2, 0) is 14.2 Å². The predicted octanol–water partition coefficient (Wildman–Crippen LogP) is 1.05. The minimum absolute atomic E-state index is 0.594. The molecule has 96 valence electrons. The van der Waals surface area contributed by atoms with Crippen LogP contribution in [0.1, 0.15) is 19.3 Å². The third-order valence-corrected chi connectivity index (χ3v) is 3.12. The highest BCUT2D eigenvalue weighted by Crippen LogP contribution is 2.17. The van der Waals surface area contributed by atoms with Gasteiger partial charge in [-0.05, 0) is 32.2 Å². The lowest BCUT2D eigenvalue weighted by Gasteiger charge is -2.31. The Morgan fingerprint density at radius 2 is 2.19 bits per heavy atom. The van der Waals surface area contributed by atoms with Gasteiger partial charge in [0.1, 0.15) is 0 Å². The van der Waals surface area contributed by atoms with Gasteiger partial charge >= 0.3 is 0 Å². The normalized spacial score (nSPS) is 25.9. The van der Waals surface area contributed by atoms with Crippen molar-refractivity contribution >= 4 is 0 Å². The second kappa shape index (κ2) is 8.93. The van der Waals surface area contributed by atoms with Crippen LogP contribution in [0.15, 0.2) is 0 Å². The number of methoxy groups -OCH3 is 1. The zero-order chi connectivity index (χ0) is 11.6. The Bertz CT molecular complexity index is 166. The molecule has 2 unspecified atom stereocenters. The number of hydrogen-bond donors (Lipinski definition) is 1. The smallest absolute Gasteiger partial charge is 0.0510 e. The summed E-state index contributed by atoms with van der Waals surface area (Å²) in [4.78, 5) is 0. The second-order valence-corrected chi connectivity index (χ2v) is 4.27. The van der Waals surface area contributed by atoms with Gasteiger partial charge in [-0.1, -0.05) is 0 Å². The van der Waals surface area contributed by atoms with Crippen LogP contribution in [0.5, 0.6) is 0 Å². The Labute approximate surface area is 98.6 Å². The minimum Gasteiger partial charge on any atom is -0.385 e. The van der Waals surface area contributed by atoms with Crippen molar-refractivity contribution in [3.8, 4) is 0 Å². The molecule has 4 heteroatoms. The molecule has 16 heavy (non-hydrogen) atoms. The van der Waals surface area contributed by atoms with Crippen LogP contribution in [0.3, 0.4) is 0 Å². The van der Waals surface area contributed by atoms with Crippen molar-refractivity contribution in [3.05, 3.63) is 0 Å². The standard InChI is InChI=1S/C12H25NO3/c1-13-12-5-9-16-10-11(12)4-8-15-7-3-6-14-2/h11-13H,3-10H2,1-2H3.